The Hall–Kier alpha value is -1.02. The molecule has 2 atom stereocenters. The van der Waals surface area contributed by atoms with Crippen molar-refractivity contribution in [1.82, 2.24) is 5.32 Å². The summed E-state index contributed by atoms with van der Waals surface area (Å²) in [6.45, 7) is 0.874. The Labute approximate surface area is 122 Å². The van der Waals surface area contributed by atoms with E-state index in [1.807, 2.05) is 0 Å². The number of fused-ring (bicyclic) bond motifs is 1. The first kappa shape index (κ1) is 13.9. The zero-order chi connectivity index (χ0) is 13.8. The predicted octanol–water partition coefficient (Wildman–Crippen LogP) is 3.80. The van der Waals surface area contributed by atoms with Crippen LogP contribution in [-0.4, -0.2) is 19.7 Å². The van der Waals surface area contributed by atoms with Gasteiger partial charge in [-0.2, -0.15) is 0 Å². The van der Waals surface area contributed by atoms with Gasteiger partial charge in [0.25, 0.3) is 0 Å². The molecule has 0 saturated heterocycles. The number of nitrogens with one attached hydrogen (secondary N) is 1. The standard InChI is InChI=1S/C18H27NO/c1-19-18(14-8-4-2-3-5-9-14)16-12-15-10-6-7-11-17(15)20-13-16/h6-7,10-11,14,16,18-19H,2-5,8-9,12-13H2,1H3. The molecule has 1 aliphatic heterocycles. The quantitative estimate of drug-likeness (QED) is 0.846. The fourth-order valence-corrected chi connectivity index (χ4v) is 4.11. The minimum absolute atomic E-state index is 0.612. The zero-order valence-electron chi connectivity index (χ0n) is 12.6. The predicted molar refractivity (Wildman–Crippen MR) is 83.2 cm³/mol. The second kappa shape index (κ2) is 6.62. The molecule has 0 radical (unpaired) electrons. The van der Waals surface area contributed by atoms with Crippen molar-refractivity contribution in [3.63, 3.8) is 0 Å². The van der Waals surface area contributed by atoms with Gasteiger partial charge < -0.3 is 10.1 Å². The third-order valence-electron chi connectivity index (χ3n) is 5.16. The Morgan fingerprint density at radius 3 is 2.55 bits per heavy atom. The number of benzene rings is 1. The molecule has 2 nitrogen and oxygen atoms in total. The van der Waals surface area contributed by atoms with Crippen LogP contribution in [0.2, 0.25) is 0 Å². The number of ether oxygens (including phenoxy) is 1. The molecule has 1 aromatic rings. The van der Waals surface area contributed by atoms with E-state index in [2.05, 4.69) is 36.6 Å². The van der Waals surface area contributed by atoms with Gasteiger partial charge in [-0.3, -0.25) is 0 Å². The Bertz CT molecular complexity index is 423. The molecule has 2 aliphatic rings. The van der Waals surface area contributed by atoms with Crippen molar-refractivity contribution < 1.29 is 4.74 Å². The summed E-state index contributed by atoms with van der Waals surface area (Å²) in [5.41, 5.74) is 1.39. The number of hydrogen-bond donors (Lipinski definition) is 1. The van der Waals surface area contributed by atoms with Gasteiger partial charge in [0.2, 0.25) is 0 Å². The van der Waals surface area contributed by atoms with E-state index >= 15 is 0 Å². The van der Waals surface area contributed by atoms with Crippen LogP contribution in [0.25, 0.3) is 0 Å². The maximum absolute atomic E-state index is 6.00. The van der Waals surface area contributed by atoms with Gasteiger partial charge in [0, 0.05) is 12.0 Å². The summed E-state index contributed by atoms with van der Waals surface area (Å²) >= 11 is 0. The SMILES string of the molecule is CNC(C1CCCCCC1)C1COc2ccccc2C1. The maximum Gasteiger partial charge on any atom is 0.122 e. The third-order valence-corrected chi connectivity index (χ3v) is 5.16. The van der Waals surface area contributed by atoms with Crippen molar-refractivity contribution in [2.45, 2.75) is 51.0 Å². The molecule has 0 aromatic heterocycles. The Balaban J connectivity index is 1.70. The largest absolute Gasteiger partial charge is 0.493 e. The van der Waals surface area contributed by atoms with Crippen molar-refractivity contribution in [2.24, 2.45) is 11.8 Å². The molecule has 110 valence electrons. The first-order valence-electron chi connectivity index (χ1n) is 8.26. The first-order chi connectivity index (χ1) is 9.88. The van der Waals surface area contributed by atoms with E-state index in [-0.39, 0.29) is 0 Å². The average molecular weight is 273 g/mol. The summed E-state index contributed by atoms with van der Waals surface area (Å²) in [6.07, 6.45) is 9.62. The highest BCUT2D eigenvalue weighted by Crippen LogP contribution is 2.34. The summed E-state index contributed by atoms with van der Waals surface area (Å²) in [5.74, 6) is 2.55. The van der Waals surface area contributed by atoms with Crippen molar-refractivity contribution in [3.8, 4) is 5.75 Å². The lowest BCUT2D eigenvalue weighted by Crippen LogP contribution is -2.45. The highest BCUT2D eigenvalue weighted by molar-refractivity contribution is 5.35. The molecule has 1 fully saturated rings. The lowest BCUT2D eigenvalue weighted by molar-refractivity contribution is 0.150. The van der Waals surface area contributed by atoms with Gasteiger partial charge in [-0.1, -0.05) is 43.9 Å². The van der Waals surface area contributed by atoms with Crippen LogP contribution in [0.1, 0.15) is 44.1 Å². The van der Waals surface area contributed by atoms with Gasteiger partial charge in [-0.15, -0.1) is 0 Å². The topological polar surface area (TPSA) is 21.3 Å². The number of para-hydroxylation sites is 1. The van der Waals surface area contributed by atoms with Crippen molar-refractivity contribution in [1.29, 1.82) is 0 Å². The van der Waals surface area contributed by atoms with Crippen LogP contribution in [0.4, 0.5) is 0 Å². The zero-order valence-corrected chi connectivity index (χ0v) is 12.6. The van der Waals surface area contributed by atoms with Gasteiger partial charge in [-0.25, -0.2) is 0 Å². The molecule has 0 bridgehead atoms. The summed E-state index contributed by atoms with van der Waals surface area (Å²) in [5, 5.41) is 3.62. The number of hydrogen-bond acceptors (Lipinski definition) is 2. The summed E-state index contributed by atoms with van der Waals surface area (Å²) in [4.78, 5) is 0. The third kappa shape index (κ3) is 3.01. The molecule has 1 heterocycles. The van der Waals surface area contributed by atoms with Gasteiger partial charge in [0.1, 0.15) is 5.75 Å². The normalized spacial score (nSPS) is 25.4. The van der Waals surface area contributed by atoms with Crippen molar-refractivity contribution in [2.75, 3.05) is 13.7 Å². The van der Waals surface area contributed by atoms with E-state index in [1.54, 1.807) is 0 Å². The van der Waals surface area contributed by atoms with Crippen LogP contribution >= 0.6 is 0 Å². The molecule has 0 amide bonds. The maximum atomic E-state index is 6.00. The summed E-state index contributed by atoms with van der Waals surface area (Å²) < 4.78 is 6.00. The van der Waals surface area contributed by atoms with Crippen LogP contribution in [-0.2, 0) is 6.42 Å². The molecule has 0 spiro atoms. The molecule has 2 unspecified atom stereocenters. The second-order valence-corrected chi connectivity index (χ2v) is 6.45. The molecule has 3 rings (SSSR count). The minimum atomic E-state index is 0.612. The molecular weight excluding hydrogens is 246 g/mol. The number of rotatable bonds is 3. The molecular formula is C18H27NO. The highest BCUT2D eigenvalue weighted by atomic mass is 16.5. The molecule has 20 heavy (non-hydrogen) atoms. The average Bonchev–Trinajstić information content (AvgIpc) is 2.77. The molecule has 1 aromatic carbocycles. The van der Waals surface area contributed by atoms with E-state index in [0.29, 0.717) is 12.0 Å². The fraction of sp³-hybridized carbons (Fsp3) is 0.667. The van der Waals surface area contributed by atoms with E-state index in [0.717, 1.165) is 24.7 Å². The van der Waals surface area contributed by atoms with Crippen LogP contribution in [0, 0.1) is 11.8 Å². The minimum Gasteiger partial charge on any atom is -0.493 e. The van der Waals surface area contributed by atoms with E-state index < -0.39 is 0 Å². The molecule has 1 N–H and O–H groups in total. The Morgan fingerprint density at radius 2 is 1.80 bits per heavy atom. The lowest BCUT2D eigenvalue weighted by atomic mass is 9.80. The molecule has 1 saturated carbocycles. The summed E-state index contributed by atoms with van der Waals surface area (Å²) in [6, 6.07) is 9.14. The van der Waals surface area contributed by atoms with Gasteiger partial charge in [0.05, 0.1) is 6.61 Å². The smallest absolute Gasteiger partial charge is 0.122 e. The van der Waals surface area contributed by atoms with Crippen LogP contribution in [0.15, 0.2) is 24.3 Å². The van der Waals surface area contributed by atoms with Crippen molar-refractivity contribution >= 4 is 0 Å². The van der Waals surface area contributed by atoms with E-state index in [1.165, 1.54) is 44.1 Å². The van der Waals surface area contributed by atoms with Gasteiger partial charge in [-0.05, 0) is 43.9 Å². The van der Waals surface area contributed by atoms with Gasteiger partial charge in [0.15, 0.2) is 0 Å². The Kier molecular flexibility index (Phi) is 4.62. The van der Waals surface area contributed by atoms with Crippen LogP contribution < -0.4 is 10.1 Å². The fourth-order valence-electron chi connectivity index (χ4n) is 4.11. The van der Waals surface area contributed by atoms with Gasteiger partial charge >= 0.3 is 0 Å². The van der Waals surface area contributed by atoms with Crippen LogP contribution in [0.3, 0.4) is 0 Å². The van der Waals surface area contributed by atoms with Crippen molar-refractivity contribution in [3.05, 3.63) is 29.8 Å². The lowest BCUT2D eigenvalue weighted by Gasteiger charge is -2.36. The highest BCUT2D eigenvalue weighted by Gasteiger charge is 2.32. The monoisotopic (exact) mass is 273 g/mol. The van der Waals surface area contributed by atoms with Crippen LogP contribution in [0.5, 0.6) is 5.75 Å². The Morgan fingerprint density at radius 1 is 1.05 bits per heavy atom. The second-order valence-electron chi connectivity index (χ2n) is 6.45. The van der Waals surface area contributed by atoms with E-state index in [4.69, 9.17) is 4.74 Å². The first-order valence-corrected chi connectivity index (χ1v) is 8.26. The molecule has 1 aliphatic carbocycles. The molecule has 2 heteroatoms. The summed E-state index contributed by atoms with van der Waals surface area (Å²) in [7, 11) is 2.13. The van der Waals surface area contributed by atoms with E-state index in [9.17, 15) is 0 Å².